The van der Waals surface area contributed by atoms with Crippen LogP contribution in [-0.2, 0) is 14.8 Å². The molecule has 1 amide bonds. The zero-order valence-corrected chi connectivity index (χ0v) is 17.1. The second kappa shape index (κ2) is 8.75. The van der Waals surface area contributed by atoms with Crippen molar-refractivity contribution in [1.29, 1.82) is 0 Å². The van der Waals surface area contributed by atoms with Gasteiger partial charge in [0, 0.05) is 29.2 Å². The number of hydrogen-bond donors (Lipinski definition) is 2. The van der Waals surface area contributed by atoms with Crippen LogP contribution in [-0.4, -0.2) is 26.7 Å². The minimum Gasteiger partial charge on any atom is -0.326 e. The van der Waals surface area contributed by atoms with Gasteiger partial charge in [-0.15, -0.1) is 0 Å². The molecular formula is C20H22ClN3O3S. The average Bonchev–Trinajstić information content (AvgIpc) is 2.92. The van der Waals surface area contributed by atoms with Gasteiger partial charge in [-0.25, -0.2) is 8.42 Å². The highest BCUT2D eigenvalue weighted by atomic mass is 35.5. The molecule has 0 bridgehead atoms. The first-order valence-corrected chi connectivity index (χ1v) is 11.0. The Balaban J connectivity index is 1.43. The summed E-state index contributed by atoms with van der Waals surface area (Å²) in [6.07, 6.45) is 2.75. The fraction of sp³-hybridized carbons (Fsp3) is 0.300. The van der Waals surface area contributed by atoms with Crippen LogP contribution < -0.4 is 10.0 Å². The monoisotopic (exact) mass is 419 g/mol. The molecule has 1 aliphatic rings. The van der Waals surface area contributed by atoms with Crippen molar-refractivity contribution >= 4 is 39.1 Å². The number of nitrogens with zero attached hydrogens (tertiary/aromatic N) is 1. The topological polar surface area (TPSA) is 87.6 Å². The molecule has 2 aromatic carbocycles. The van der Waals surface area contributed by atoms with Gasteiger partial charge in [0.2, 0.25) is 5.91 Å². The number of anilines is 1. The first kappa shape index (κ1) is 20.4. The van der Waals surface area contributed by atoms with Crippen LogP contribution in [0, 0.1) is 6.92 Å². The Morgan fingerprint density at radius 1 is 1.14 bits per heavy atom. The summed E-state index contributed by atoms with van der Waals surface area (Å²) in [7, 11) is -3.49. The summed E-state index contributed by atoms with van der Waals surface area (Å²) in [4.78, 5) is 16.7. The smallest absolute Gasteiger partial charge is 0.263 e. The van der Waals surface area contributed by atoms with Crippen LogP contribution >= 0.6 is 11.6 Å². The number of aryl methyl sites for hydroxylation is 1. The Labute approximate surface area is 170 Å². The average molecular weight is 420 g/mol. The van der Waals surface area contributed by atoms with E-state index in [1.807, 2.05) is 13.0 Å². The quantitative estimate of drug-likeness (QED) is 0.667. The first-order valence-electron chi connectivity index (χ1n) is 9.09. The van der Waals surface area contributed by atoms with Gasteiger partial charge in [-0.3, -0.25) is 14.5 Å². The number of amidine groups is 1. The summed E-state index contributed by atoms with van der Waals surface area (Å²) in [6, 6.07) is 12.2. The molecule has 0 saturated heterocycles. The van der Waals surface area contributed by atoms with Crippen LogP contribution in [0.2, 0.25) is 5.02 Å². The van der Waals surface area contributed by atoms with Gasteiger partial charge in [-0.05, 0) is 49.6 Å². The number of amides is 1. The van der Waals surface area contributed by atoms with Crippen molar-refractivity contribution in [2.45, 2.75) is 37.5 Å². The van der Waals surface area contributed by atoms with E-state index < -0.39 is 10.0 Å². The fourth-order valence-corrected chi connectivity index (χ4v) is 4.38. The summed E-state index contributed by atoms with van der Waals surface area (Å²) in [5, 5.41) is 3.47. The normalized spacial score (nSPS) is 15.9. The molecule has 2 aromatic rings. The largest absolute Gasteiger partial charge is 0.326 e. The molecule has 0 aromatic heterocycles. The van der Waals surface area contributed by atoms with E-state index in [0.717, 1.165) is 30.5 Å². The molecule has 0 radical (unpaired) electrons. The Morgan fingerprint density at radius 3 is 2.75 bits per heavy atom. The van der Waals surface area contributed by atoms with Gasteiger partial charge in [0.1, 0.15) is 5.84 Å². The number of nitrogens with one attached hydrogen (secondary N) is 2. The number of sulfonamides is 1. The number of carbonyl (C=O) groups excluding carboxylic acids is 1. The molecule has 0 spiro atoms. The fourth-order valence-electron chi connectivity index (χ4n) is 2.96. The lowest BCUT2D eigenvalue weighted by Gasteiger charge is -2.08. The van der Waals surface area contributed by atoms with Crippen LogP contribution in [0.3, 0.4) is 0 Å². The molecule has 0 unspecified atom stereocenters. The van der Waals surface area contributed by atoms with Crippen molar-refractivity contribution in [3.05, 3.63) is 58.6 Å². The summed E-state index contributed by atoms with van der Waals surface area (Å²) < 4.78 is 26.5. The summed E-state index contributed by atoms with van der Waals surface area (Å²) in [5.41, 5.74) is 2.31. The minimum absolute atomic E-state index is 0.0471. The standard InChI is InChI=1S/C20H22ClN3O3S/c1-14-10-11-15(21)13-17(14)23-19(25)9-3-2-6-12-22-20-16-7-4-5-8-18(16)28(26,27)24-20/h4-5,7-8,10-11,13H,2-3,6,9,12H2,1H3,(H,22,24)(H,23,25). The van der Waals surface area contributed by atoms with Crippen molar-refractivity contribution in [2.24, 2.45) is 4.99 Å². The van der Waals surface area contributed by atoms with Crippen molar-refractivity contribution in [2.75, 3.05) is 11.9 Å². The molecule has 1 aliphatic heterocycles. The Kier molecular flexibility index (Phi) is 6.36. The molecule has 0 atom stereocenters. The van der Waals surface area contributed by atoms with E-state index >= 15 is 0 Å². The summed E-state index contributed by atoms with van der Waals surface area (Å²) in [6.45, 7) is 2.42. The molecule has 28 heavy (non-hydrogen) atoms. The zero-order chi connectivity index (χ0) is 20.1. The predicted molar refractivity (Wildman–Crippen MR) is 111 cm³/mol. The Bertz CT molecular complexity index is 1020. The lowest BCUT2D eigenvalue weighted by atomic mass is 10.1. The number of unbranched alkanes of at least 4 members (excludes halogenated alkanes) is 2. The third kappa shape index (κ3) is 4.91. The van der Waals surface area contributed by atoms with E-state index in [1.54, 1.807) is 36.4 Å². The summed E-state index contributed by atoms with van der Waals surface area (Å²) >= 11 is 5.96. The number of benzene rings is 2. The molecule has 148 valence electrons. The summed E-state index contributed by atoms with van der Waals surface area (Å²) in [5.74, 6) is 0.346. The molecular weight excluding hydrogens is 398 g/mol. The number of rotatable bonds is 7. The lowest BCUT2D eigenvalue weighted by molar-refractivity contribution is -0.116. The predicted octanol–water partition coefficient (Wildman–Crippen LogP) is 3.89. The van der Waals surface area contributed by atoms with Crippen molar-refractivity contribution in [3.8, 4) is 0 Å². The Morgan fingerprint density at radius 2 is 1.93 bits per heavy atom. The molecule has 1 heterocycles. The first-order chi connectivity index (χ1) is 13.4. The van der Waals surface area contributed by atoms with Crippen LogP contribution in [0.1, 0.15) is 36.8 Å². The minimum atomic E-state index is -3.49. The Hall–Kier alpha value is -2.38. The zero-order valence-electron chi connectivity index (χ0n) is 15.5. The van der Waals surface area contributed by atoms with Gasteiger partial charge in [0.15, 0.2) is 0 Å². The number of fused-ring (bicyclic) bond motifs is 1. The molecule has 2 N–H and O–H groups in total. The molecule has 6 nitrogen and oxygen atoms in total. The maximum Gasteiger partial charge on any atom is 0.263 e. The second-order valence-electron chi connectivity index (χ2n) is 6.65. The van der Waals surface area contributed by atoms with Crippen molar-refractivity contribution in [1.82, 2.24) is 4.72 Å². The molecule has 0 fully saturated rings. The van der Waals surface area contributed by atoms with E-state index in [1.165, 1.54) is 0 Å². The molecule has 8 heteroatoms. The van der Waals surface area contributed by atoms with Crippen LogP contribution in [0.4, 0.5) is 5.69 Å². The number of carbonyl (C=O) groups is 1. The van der Waals surface area contributed by atoms with E-state index in [-0.39, 0.29) is 10.8 Å². The van der Waals surface area contributed by atoms with Crippen LogP contribution in [0.5, 0.6) is 0 Å². The van der Waals surface area contributed by atoms with Crippen LogP contribution in [0.25, 0.3) is 0 Å². The van der Waals surface area contributed by atoms with E-state index in [0.29, 0.717) is 29.4 Å². The highest BCUT2D eigenvalue weighted by Gasteiger charge is 2.29. The van der Waals surface area contributed by atoms with Gasteiger partial charge < -0.3 is 5.32 Å². The molecule has 3 rings (SSSR count). The number of halogens is 1. The van der Waals surface area contributed by atoms with Gasteiger partial charge in [-0.1, -0.05) is 36.2 Å². The van der Waals surface area contributed by atoms with Gasteiger partial charge >= 0.3 is 0 Å². The SMILES string of the molecule is Cc1ccc(Cl)cc1NC(=O)CCCCCN=C1NS(=O)(=O)c2ccccc21. The maximum atomic E-state index is 12.1. The molecule has 0 aliphatic carbocycles. The third-order valence-electron chi connectivity index (χ3n) is 4.47. The van der Waals surface area contributed by atoms with E-state index in [9.17, 15) is 13.2 Å². The van der Waals surface area contributed by atoms with Gasteiger partial charge in [0.05, 0.1) is 4.90 Å². The van der Waals surface area contributed by atoms with E-state index in [4.69, 9.17) is 11.6 Å². The van der Waals surface area contributed by atoms with Crippen LogP contribution in [0.15, 0.2) is 52.4 Å². The number of aliphatic imine (C=N–C) groups is 1. The molecule has 0 saturated carbocycles. The van der Waals surface area contributed by atoms with Crippen molar-refractivity contribution in [3.63, 3.8) is 0 Å². The highest BCUT2D eigenvalue weighted by molar-refractivity contribution is 7.90. The van der Waals surface area contributed by atoms with E-state index in [2.05, 4.69) is 15.0 Å². The maximum absolute atomic E-state index is 12.1. The lowest BCUT2D eigenvalue weighted by Crippen LogP contribution is -2.22. The second-order valence-corrected chi connectivity index (χ2v) is 8.74. The van der Waals surface area contributed by atoms with Gasteiger partial charge in [0.25, 0.3) is 10.0 Å². The third-order valence-corrected chi connectivity index (χ3v) is 6.10. The number of hydrogen-bond acceptors (Lipinski definition) is 4. The van der Waals surface area contributed by atoms with Gasteiger partial charge in [-0.2, -0.15) is 0 Å². The van der Waals surface area contributed by atoms with Crippen molar-refractivity contribution < 1.29 is 13.2 Å². The highest BCUT2D eigenvalue weighted by Crippen LogP contribution is 2.22.